The topological polar surface area (TPSA) is 46.5 Å². The zero-order valence-electron chi connectivity index (χ0n) is 13.8. The van der Waals surface area contributed by atoms with Gasteiger partial charge in [0, 0.05) is 6.42 Å². The highest BCUT2D eigenvalue weighted by atomic mass is 16.5. The highest BCUT2D eigenvalue weighted by Gasteiger charge is 2.23. The van der Waals surface area contributed by atoms with Crippen molar-refractivity contribution in [2.24, 2.45) is 0 Å². The van der Waals surface area contributed by atoms with Gasteiger partial charge >= 0.3 is 5.97 Å². The molecule has 1 rings (SSSR count). The van der Waals surface area contributed by atoms with Crippen LogP contribution in [-0.2, 0) is 9.53 Å². The number of ether oxygens (including phenoxy) is 1. The molecule has 0 saturated carbocycles. The average molecular weight is 298 g/mol. The minimum Gasteiger partial charge on any atom is -0.481 e. The fraction of sp³-hybridized carbons (Fsp3) is 0.944. The van der Waals surface area contributed by atoms with Gasteiger partial charge in [-0.15, -0.1) is 0 Å². The standard InChI is InChI=1S/C18H34O3/c1-2-3-4-8-11-16-14-15-17(21-16)12-9-6-5-7-10-13-18(19)20/h16-17H,2-15H2,1H3,(H,19,20). The summed E-state index contributed by atoms with van der Waals surface area (Å²) in [7, 11) is 0. The lowest BCUT2D eigenvalue weighted by Crippen LogP contribution is -2.10. The van der Waals surface area contributed by atoms with Crippen LogP contribution in [0.25, 0.3) is 0 Å². The van der Waals surface area contributed by atoms with Gasteiger partial charge in [0.15, 0.2) is 0 Å². The number of hydrogen-bond acceptors (Lipinski definition) is 2. The van der Waals surface area contributed by atoms with Crippen LogP contribution < -0.4 is 0 Å². The second-order valence-corrected chi connectivity index (χ2v) is 6.51. The third kappa shape index (κ3) is 9.89. The molecule has 1 aliphatic heterocycles. The quantitative estimate of drug-likeness (QED) is 0.468. The van der Waals surface area contributed by atoms with Gasteiger partial charge in [-0.1, -0.05) is 58.3 Å². The maximum Gasteiger partial charge on any atom is 0.303 e. The van der Waals surface area contributed by atoms with Gasteiger partial charge in [-0.05, 0) is 32.1 Å². The molecule has 2 unspecified atom stereocenters. The first kappa shape index (κ1) is 18.5. The van der Waals surface area contributed by atoms with E-state index in [1.807, 2.05) is 0 Å². The van der Waals surface area contributed by atoms with E-state index in [9.17, 15) is 4.79 Å². The first-order valence-corrected chi connectivity index (χ1v) is 9.09. The maximum absolute atomic E-state index is 10.4. The Hall–Kier alpha value is -0.570. The van der Waals surface area contributed by atoms with Gasteiger partial charge in [-0.3, -0.25) is 4.79 Å². The Morgan fingerprint density at radius 3 is 2.00 bits per heavy atom. The van der Waals surface area contributed by atoms with Crippen molar-refractivity contribution in [2.45, 2.75) is 109 Å². The van der Waals surface area contributed by atoms with Crippen molar-refractivity contribution in [3.05, 3.63) is 0 Å². The number of aliphatic carboxylic acids is 1. The molecule has 1 saturated heterocycles. The predicted molar refractivity (Wildman–Crippen MR) is 86.6 cm³/mol. The summed E-state index contributed by atoms with van der Waals surface area (Å²) in [6.07, 6.45) is 17.2. The first-order valence-electron chi connectivity index (χ1n) is 9.09. The molecule has 1 aliphatic rings. The van der Waals surface area contributed by atoms with Gasteiger partial charge in [0.2, 0.25) is 0 Å². The highest BCUT2D eigenvalue weighted by Crippen LogP contribution is 2.27. The van der Waals surface area contributed by atoms with Crippen molar-refractivity contribution in [1.82, 2.24) is 0 Å². The van der Waals surface area contributed by atoms with E-state index in [4.69, 9.17) is 9.84 Å². The van der Waals surface area contributed by atoms with E-state index in [0.29, 0.717) is 18.6 Å². The monoisotopic (exact) mass is 298 g/mol. The molecule has 0 spiro atoms. The van der Waals surface area contributed by atoms with Crippen LogP contribution in [-0.4, -0.2) is 23.3 Å². The van der Waals surface area contributed by atoms with Crippen LogP contribution in [0, 0.1) is 0 Å². The number of carbonyl (C=O) groups is 1. The molecule has 0 aliphatic carbocycles. The minimum atomic E-state index is -0.667. The van der Waals surface area contributed by atoms with Gasteiger partial charge in [-0.25, -0.2) is 0 Å². The Morgan fingerprint density at radius 1 is 0.905 bits per heavy atom. The summed E-state index contributed by atoms with van der Waals surface area (Å²) >= 11 is 0. The van der Waals surface area contributed by atoms with Gasteiger partial charge in [-0.2, -0.15) is 0 Å². The van der Waals surface area contributed by atoms with Crippen LogP contribution in [0.2, 0.25) is 0 Å². The molecule has 0 aromatic carbocycles. The van der Waals surface area contributed by atoms with Crippen molar-refractivity contribution in [1.29, 1.82) is 0 Å². The molecule has 21 heavy (non-hydrogen) atoms. The number of rotatable bonds is 13. The van der Waals surface area contributed by atoms with Crippen LogP contribution in [0.5, 0.6) is 0 Å². The molecule has 1 fully saturated rings. The van der Waals surface area contributed by atoms with Crippen LogP contribution in [0.4, 0.5) is 0 Å². The van der Waals surface area contributed by atoms with Crippen LogP contribution in [0.3, 0.4) is 0 Å². The van der Waals surface area contributed by atoms with E-state index in [1.54, 1.807) is 0 Å². The van der Waals surface area contributed by atoms with Gasteiger partial charge in [0.25, 0.3) is 0 Å². The lowest BCUT2D eigenvalue weighted by molar-refractivity contribution is -0.137. The smallest absolute Gasteiger partial charge is 0.303 e. The second kappa shape index (κ2) is 12.0. The molecule has 0 amide bonds. The van der Waals surface area contributed by atoms with Crippen LogP contribution in [0.1, 0.15) is 96.8 Å². The van der Waals surface area contributed by atoms with Gasteiger partial charge in [0.05, 0.1) is 12.2 Å². The van der Waals surface area contributed by atoms with E-state index < -0.39 is 5.97 Å². The van der Waals surface area contributed by atoms with Crippen molar-refractivity contribution >= 4 is 5.97 Å². The summed E-state index contributed by atoms with van der Waals surface area (Å²) in [6.45, 7) is 2.25. The van der Waals surface area contributed by atoms with E-state index in [0.717, 1.165) is 12.8 Å². The summed E-state index contributed by atoms with van der Waals surface area (Å²) in [6, 6.07) is 0. The van der Waals surface area contributed by atoms with Crippen LogP contribution >= 0.6 is 0 Å². The zero-order valence-corrected chi connectivity index (χ0v) is 13.8. The molecular weight excluding hydrogens is 264 g/mol. The summed E-state index contributed by atoms with van der Waals surface area (Å²) in [5.41, 5.74) is 0. The summed E-state index contributed by atoms with van der Waals surface area (Å²) in [4.78, 5) is 10.4. The van der Waals surface area contributed by atoms with Crippen molar-refractivity contribution in [3.8, 4) is 0 Å². The normalized spacial score (nSPS) is 21.8. The fourth-order valence-corrected chi connectivity index (χ4v) is 3.18. The number of carboxylic acid groups (broad SMARTS) is 1. The van der Waals surface area contributed by atoms with E-state index in [-0.39, 0.29) is 0 Å². The maximum atomic E-state index is 10.4. The third-order valence-corrected chi connectivity index (χ3v) is 4.49. The lowest BCUT2D eigenvalue weighted by Gasteiger charge is -2.13. The third-order valence-electron chi connectivity index (χ3n) is 4.49. The number of unbranched alkanes of at least 4 members (excludes halogenated alkanes) is 7. The predicted octanol–water partition coefficient (Wildman–Crippen LogP) is 5.32. The van der Waals surface area contributed by atoms with Crippen molar-refractivity contribution in [2.75, 3.05) is 0 Å². The molecule has 2 atom stereocenters. The molecular formula is C18H34O3. The molecule has 0 radical (unpaired) electrons. The zero-order chi connectivity index (χ0) is 15.3. The Labute approximate surface area is 130 Å². The Balaban J connectivity index is 1.89. The first-order chi connectivity index (χ1) is 10.2. The molecule has 1 N–H and O–H groups in total. The van der Waals surface area contributed by atoms with Gasteiger partial charge < -0.3 is 9.84 Å². The molecule has 0 aromatic heterocycles. The molecule has 0 bridgehead atoms. The molecule has 124 valence electrons. The molecule has 0 aromatic rings. The van der Waals surface area contributed by atoms with Gasteiger partial charge in [0.1, 0.15) is 0 Å². The summed E-state index contributed by atoms with van der Waals surface area (Å²) in [5.74, 6) is -0.667. The minimum absolute atomic E-state index is 0.325. The van der Waals surface area contributed by atoms with E-state index in [1.165, 1.54) is 70.6 Å². The lowest BCUT2D eigenvalue weighted by atomic mass is 10.0. The number of carboxylic acids is 1. The summed E-state index contributed by atoms with van der Waals surface area (Å²) < 4.78 is 6.12. The van der Waals surface area contributed by atoms with E-state index >= 15 is 0 Å². The SMILES string of the molecule is CCCCCCC1CCC(CCCCCCCC(=O)O)O1. The fourth-order valence-electron chi connectivity index (χ4n) is 3.18. The Morgan fingerprint density at radius 2 is 1.43 bits per heavy atom. The largest absolute Gasteiger partial charge is 0.481 e. The molecule has 3 nitrogen and oxygen atoms in total. The second-order valence-electron chi connectivity index (χ2n) is 6.51. The van der Waals surface area contributed by atoms with E-state index in [2.05, 4.69) is 6.92 Å². The highest BCUT2D eigenvalue weighted by molar-refractivity contribution is 5.66. The summed E-state index contributed by atoms with van der Waals surface area (Å²) in [5, 5.41) is 8.56. The Bertz CT molecular complexity index is 265. The Kier molecular flexibility index (Phi) is 10.6. The van der Waals surface area contributed by atoms with Crippen molar-refractivity contribution in [3.63, 3.8) is 0 Å². The average Bonchev–Trinajstić information content (AvgIpc) is 2.90. The molecule has 3 heteroatoms. The molecule has 1 heterocycles. The van der Waals surface area contributed by atoms with Crippen LogP contribution in [0.15, 0.2) is 0 Å². The van der Waals surface area contributed by atoms with Crippen molar-refractivity contribution < 1.29 is 14.6 Å². The number of hydrogen-bond donors (Lipinski definition) is 1.